The van der Waals surface area contributed by atoms with Crippen LogP contribution in [0, 0.1) is 23.0 Å². The van der Waals surface area contributed by atoms with Crippen LogP contribution in [-0.4, -0.2) is 5.91 Å². The van der Waals surface area contributed by atoms with Gasteiger partial charge in [0.15, 0.2) is 0 Å². The van der Waals surface area contributed by atoms with E-state index in [1.165, 1.54) is 6.07 Å². The van der Waals surface area contributed by atoms with Crippen LogP contribution in [0.1, 0.15) is 18.5 Å². The number of nitrogens with one attached hydrogen (secondary N) is 2. The summed E-state index contributed by atoms with van der Waals surface area (Å²) >= 11 is 0. The molecule has 4 nitrogen and oxygen atoms in total. The molecule has 0 fully saturated rings. The molecule has 0 heterocycles. The van der Waals surface area contributed by atoms with Gasteiger partial charge in [0.1, 0.15) is 29.0 Å². The summed E-state index contributed by atoms with van der Waals surface area (Å²) < 4.78 is 27.0. The Morgan fingerprint density at radius 3 is 2.33 bits per heavy atom. The number of nitriles is 1. The van der Waals surface area contributed by atoms with E-state index in [0.717, 1.165) is 23.9 Å². The average molecular weight is 327 g/mol. The zero-order valence-corrected chi connectivity index (χ0v) is 12.9. The number of halogens is 2. The number of carbonyl (C=O) groups is 1. The number of nitrogens with zero attached hydrogens (tertiary/aromatic N) is 1. The van der Waals surface area contributed by atoms with E-state index in [1.54, 1.807) is 13.0 Å². The third-order valence-corrected chi connectivity index (χ3v) is 3.34. The Morgan fingerprint density at radius 1 is 1.12 bits per heavy atom. The predicted molar refractivity (Wildman–Crippen MR) is 86.7 cm³/mol. The van der Waals surface area contributed by atoms with E-state index < -0.39 is 23.2 Å². The number of anilines is 1. The van der Waals surface area contributed by atoms with Gasteiger partial charge in [-0.1, -0.05) is 36.4 Å². The van der Waals surface area contributed by atoms with Gasteiger partial charge in [0, 0.05) is 6.20 Å². The summed E-state index contributed by atoms with van der Waals surface area (Å²) in [4.78, 5) is 12.1. The Hall–Kier alpha value is -3.20. The van der Waals surface area contributed by atoms with Crippen molar-refractivity contribution in [1.29, 1.82) is 5.26 Å². The van der Waals surface area contributed by atoms with Crippen LogP contribution < -0.4 is 10.6 Å². The Bertz CT molecular complexity index is 777. The highest BCUT2D eigenvalue weighted by atomic mass is 19.1. The van der Waals surface area contributed by atoms with Crippen LogP contribution >= 0.6 is 0 Å². The molecule has 0 aliphatic rings. The minimum Gasteiger partial charge on any atom is -0.355 e. The van der Waals surface area contributed by atoms with Crippen molar-refractivity contribution in [3.8, 4) is 6.07 Å². The number of benzene rings is 2. The fraction of sp³-hybridized carbons (Fsp3) is 0.111. The van der Waals surface area contributed by atoms with E-state index >= 15 is 0 Å². The monoisotopic (exact) mass is 327 g/mol. The third kappa shape index (κ3) is 4.17. The van der Waals surface area contributed by atoms with Crippen molar-refractivity contribution in [2.45, 2.75) is 13.0 Å². The molecule has 2 rings (SSSR count). The molecule has 0 saturated heterocycles. The lowest BCUT2D eigenvalue weighted by Gasteiger charge is -2.14. The lowest BCUT2D eigenvalue weighted by atomic mass is 10.1. The van der Waals surface area contributed by atoms with E-state index in [2.05, 4.69) is 10.6 Å². The summed E-state index contributed by atoms with van der Waals surface area (Å²) in [5, 5.41) is 14.1. The van der Waals surface area contributed by atoms with Crippen molar-refractivity contribution in [2.24, 2.45) is 0 Å². The summed E-state index contributed by atoms with van der Waals surface area (Å²) in [6.07, 6.45) is 0.981. The molecule has 0 aliphatic heterocycles. The topological polar surface area (TPSA) is 64.9 Å². The van der Waals surface area contributed by atoms with E-state index in [1.807, 2.05) is 30.3 Å². The molecule has 0 aromatic heterocycles. The Balaban J connectivity index is 2.10. The van der Waals surface area contributed by atoms with E-state index in [4.69, 9.17) is 5.26 Å². The molecule has 0 bridgehead atoms. The van der Waals surface area contributed by atoms with Gasteiger partial charge in [-0.15, -0.1) is 0 Å². The Morgan fingerprint density at radius 2 is 1.75 bits per heavy atom. The normalized spacial score (nSPS) is 12.2. The zero-order valence-electron chi connectivity index (χ0n) is 12.9. The summed E-state index contributed by atoms with van der Waals surface area (Å²) in [6.45, 7) is 1.77. The van der Waals surface area contributed by atoms with Gasteiger partial charge >= 0.3 is 0 Å². The van der Waals surface area contributed by atoms with Gasteiger partial charge in [0.05, 0.1) is 6.04 Å². The fourth-order valence-corrected chi connectivity index (χ4v) is 2.03. The van der Waals surface area contributed by atoms with Crippen LogP contribution in [0.25, 0.3) is 0 Å². The highest BCUT2D eigenvalue weighted by Crippen LogP contribution is 2.18. The molecule has 0 aliphatic carbocycles. The van der Waals surface area contributed by atoms with Gasteiger partial charge in [0.2, 0.25) is 0 Å². The molecular formula is C18H15F2N3O. The van der Waals surface area contributed by atoms with Gasteiger partial charge in [0.25, 0.3) is 5.91 Å². The van der Waals surface area contributed by atoms with Crippen molar-refractivity contribution in [1.82, 2.24) is 5.32 Å². The molecule has 0 saturated carbocycles. The van der Waals surface area contributed by atoms with Gasteiger partial charge in [-0.3, -0.25) is 4.79 Å². The van der Waals surface area contributed by atoms with Crippen molar-refractivity contribution in [3.05, 3.63) is 77.5 Å². The molecule has 24 heavy (non-hydrogen) atoms. The summed E-state index contributed by atoms with van der Waals surface area (Å²) in [5.41, 5.74) is 0.158. The maximum atomic E-state index is 13.5. The Labute approximate surface area is 138 Å². The molecule has 1 amide bonds. The smallest absolute Gasteiger partial charge is 0.263 e. The lowest BCUT2D eigenvalue weighted by molar-refractivity contribution is -0.117. The molecule has 1 atom stereocenters. The molecular weight excluding hydrogens is 312 g/mol. The van der Waals surface area contributed by atoms with Gasteiger partial charge < -0.3 is 10.6 Å². The van der Waals surface area contributed by atoms with Crippen molar-refractivity contribution < 1.29 is 13.6 Å². The van der Waals surface area contributed by atoms with E-state index in [-0.39, 0.29) is 11.6 Å². The zero-order chi connectivity index (χ0) is 17.5. The molecule has 122 valence electrons. The first-order valence-corrected chi connectivity index (χ1v) is 7.19. The number of hydrogen-bond acceptors (Lipinski definition) is 3. The van der Waals surface area contributed by atoms with Crippen LogP contribution in [-0.2, 0) is 4.79 Å². The van der Waals surface area contributed by atoms with Crippen molar-refractivity contribution >= 4 is 11.6 Å². The molecule has 2 aromatic rings. The maximum absolute atomic E-state index is 13.5. The number of hydrogen-bond donors (Lipinski definition) is 2. The van der Waals surface area contributed by atoms with Crippen LogP contribution in [0.4, 0.5) is 14.5 Å². The van der Waals surface area contributed by atoms with Gasteiger partial charge in [-0.05, 0) is 24.6 Å². The van der Waals surface area contributed by atoms with Crippen molar-refractivity contribution in [2.75, 3.05) is 5.32 Å². The SMILES string of the molecule is CC(NC(=O)/C(C#N)=C\Nc1c(F)cccc1F)c1ccccc1. The largest absolute Gasteiger partial charge is 0.355 e. The van der Waals surface area contributed by atoms with Gasteiger partial charge in [-0.2, -0.15) is 5.26 Å². The van der Waals surface area contributed by atoms with E-state index in [0.29, 0.717) is 0 Å². The molecule has 0 radical (unpaired) electrons. The second-order valence-corrected chi connectivity index (χ2v) is 5.02. The minimum absolute atomic E-state index is 0.291. The molecule has 2 N–H and O–H groups in total. The first-order valence-electron chi connectivity index (χ1n) is 7.19. The second kappa shape index (κ2) is 7.88. The van der Waals surface area contributed by atoms with Crippen LogP contribution in [0.15, 0.2) is 60.3 Å². The molecule has 0 spiro atoms. The molecule has 1 unspecified atom stereocenters. The highest BCUT2D eigenvalue weighted by Gasteiger charge is 2.14. The van der Waals surface area contributed by atoms with Crippen molar-refractivity contribution in [3.63, 3.8) is 0 Å². The number of para-hydroxylation sites is 1. The number of rotatable bonds is 5. The van der Waals surface area contributed by atoms with E-state index in [9.17, 15) is 13.6 Å². The second-order valence-electron chi connectivity index (χ2n) is 5.02. The predicted octanol–water partition coefficient (Wildman–Crippen LogP) is 3.66. The number of amides is 1. The quantitative estimate of drug-likeness (QED) is 0.650. The standard InChI is InChI=1S/C18H15F2N3O/c1-12(13-6-3-2-4-7-13)23-18(24)14(10-21)11-22-17-15(19)8-5-9-16(17)20/h2-9,11-12,22H,1H3,(H,23,24)/b14-11-. The number of carbonyl (C=O) groups excluding carboxylic acids is 1. The first-order chi connectivity index (χ1) is 11.5. The minimum atomic E-state index is -0.818. The first kappa shape index (κ1) is 17.2. The van der Waals surface area contributed by atoms with Gasteiger partial charge in [-0.25, -0.2) is 8.78 Å². The van der Waals surface area contributed by atoms with Crippen LogP contribution in [0.2, 0.25) is 0 Å². The fourth-order valence-electron chi connectivity index (χ4n) is 2.03. The summed E-state index contributed by atoms with van der Waals surface area (Å²) in [5.74, 6) is -2.28. The average Bonchev–Trinajstić information content (AvgIpc) is 2.58. The summed E-state index contributed by atoms with van der Waals surface area (Å²) in [6, 6.07) is 14.0. The molecule has 6 heteroatoms. The van der Waals surface area contributed by atoms with Crippen LogP contribution in [0.3, 0.4) is 0 Å². The lowest BCUT2D eigenvalue weighted by Crippen LogP contribution is -2.28. The van der Waals surface area contributed by atoms with Crippen LogP contribution in [0.5, 0.6) is 0 Å². The summed E-state index contributed by atoms with van der Waals surface area (Å²) in [7, 11) is 0. The third-order valence-electron chi connectivity index (χ3n) is 3.34. The molecule has 2 aromatic carbocycles. The maximum Gasteiger partial charge on any atom is 0.263 e. The Kier molecular flexibility index (Phi) is 5.63. The highest BCUT2D eigenvalue weighted by molar-refractivity contribution is 5.97.